The van der Waals surface area contributed by atoms with Gasteiger partial charge in [-0.1, -0.05) is 333 Å². The summed E-state index contributed by atoms with van der Waals surface area (Å²) < 4.78 is 51.8. The van der Waals surface area contributed by atoms with Gasteiger partial charge in [-0.3, -0.25) is 0 Å². The Morgan fingerprint density at radius 1 is 0.246 bits per heavy atom. The second kappa shape index (κ2) is 28.1. The van der Waals surface area contributed by atoms with Crippen LogP contribution in [0.25, 0.3) is 55.6 Å². The third-order valence-electron chi connectivity index (χ3n) is 22.8. The summed E-state index contributed by atoms with van der Waals surface area (Å²) in [5.41, 5.74) is 27.4. The molecule has 0 amide bonds. The number of hydrogen-bond donors (Lipinski definition) is 0. The zero-order valence-electron chi connectivity index (χ0n) is 61.7. The van der Waals surface area contributed by atoms with Gasteiger partial charge in [0.25, 0.3) is 6.71 Å². The van der Waals surface area contributed by atoms with Crippen molar-refractivity contribution in [1.29, 1.82) is 0 Å². The molecule has 5 nitrogen and oxygen atoms in total. The van der Waals surface area contributed by atoms with Crippen LogP contribution >= 0.6 is 11.8 Å². The summed E-state index contributed by atoms with van der Waals surface area (Å²) >= 11 is 1.70. The Labute approximate surface area is 666 Å². The highest BCUT2D eigenvalue weighted by atomic mass is 32.2. The summed E-state index contributed by atoms with van der Waals surface area (Å²) in [5.74, 6) is 0. The third-order valence-corrected chi connectivity index (χ3v) is 24.0. The maximum atomic E-state index is 17.3. The second-order valence-electron chi connectivity index (χ2n) is 29.3. The molecule has 0 atom stereocenters. The molecule has 0 saturated heterocycles. The first-order chi connectivity index (χ1) is 56.3. The molecule has 4 aliphatic rings. The maximum absolute atomic E-state index is 17.3. The van der Waals surface area contributed by atoms with E-state index in [-0.39, 0.29) is 5.69 Å². The SMILES string of the molecule is FC(F)(F)c1cccc(-c2ccccc2)c1N1c2cc3c(cc2B2c4ccccc4N(c4ccccc4)c4cc(N(c5ccccc5)c5ccccc5)cc1c42)B1c2ccccc2N(c2c(-c4ccccc4)cccc2-c2ccccc2)c2cc(N(c4ccccc4)c4c(-c5ccccc5)cccc4-c4ccccc4)cc(c21)S3. The number of anilines is 15. The van der Waals surface area contributed by atoms with E-state index in [0.29, 0.717) is 22.5 Å². The van der Waals surface area contributed by atoms with Crippen molar-refractivity contribution >= 4 is 143 Å². The van der Waals surface area contributed by atoms with E-state index in [2.05, 4.69) is 341 Å². The molecule has 11 heteroatoms. The molecular weight excluding hydrogens is 1420 g/mol. The minimum Gasteiger partial charge on any atom is -0.311 e. The first-order valence-corrected chi connectivity index (χ1v) is 39.4. The van der Waals surface area contributed by atoms with E-state index in [1.165, 1.54) is 6.07 Å². The number of benzene rings is 17. The van der Waals surface area contributed by atoms with Crippen LogP contribution in [0.5, 0.6) is 0 Å². The number of halogens is 3. The molecule has 0 radical (unpaired) electrons. The molecule has 0 saturated carbocycles. The first kappa shape index (κ1) is 68.1. The molecule has 538 valence electrons. The smallest absolute Gasteiger partial charge is 0.311 e. The molecule has 21 rings (SSSR count). The summed E-state index contributed by atoms with van der Waals surface area (Å²) in [4.78, 5) is 13.5. The van der Waals surface area contributed by atoms with Crippen molar-refractivity contribution < 1.29 is 13.2 Å². The highest BCUT2D eigenvalue weighted by Gasteiger charge is 2.50. The minimum absolute atomic E-state index is 0.0341. The van der Waals surface area contributed by atoms with Gasteiger partial charge in [-0.05, 0) is 152 Å². The Kier molecular flexibility index (Phi) is 16.8. The number of nitrogens with zero attached hydrogens (tertiary/aromatic N) is 5. The van der Waals surface area contributed by atoms with Gasteiger partial charge >= 0.3 is 6.18 Å². The van der Waals surface area contributed by atoms with Crippen molar-refractivity contribution in [2.24, 2.45) is 0 Å². The monoisotopic (exact) mass is 1490 g/mol. The number of para-hydroxylation sites is 9. The van der Waals surface area contributed by atoms with Gasteiger partial charge in [0.15, 0.2) is 0 Å². The Morgan fingerprint density at radius 2 is 0.605 bits per heavy atom. The standard InChI is InChI=1S/C103H68B2F3N5S/c106-103(107,108)85-58-34-57-84(73-43-18-5-19-44-73)102(85)113-92-68-96-89(67-88(92)104-86-59-28-30-61-90(86)111(77-51-26-9-27-52-77)93-63-78(64-94(113)98(93)104)109(74-45-20-6-21-46-74)75-47-22-7-23-48-75)105-87-60-29-31-62-91(87)112(101-82(71-39-14-3-15-40-71)55-33-56-83(101)72-41-16-4-17-42-72)95-65-79(66-97(114-96)99(95)105)110(76-49-24-8-25-50-76)100-80(69-35-10-1-11-36-69)53-32-54-81(100)70-37-12-2-13-38-70/h1-68H. The highest BCUT2D eigenvalue weighted by Crippen LogP contribution is 2.57. The number of alkyl halides is 3. The molecule has 17 aromatic carbocycles. The van der Waals surface area contributed by atoms with Crippen LogP contribution in [-0.4, -0.2) is 13.4 Å². The molecule has 4 aliphatic heterocycles. The van der Waals surface area contributed by atoms with Gasteiger partial charge in [0.1, 0.15) is 0 Å². The third kappa shape index (κ3) is 11.4. The quantitative estimate of drug-likeness (QED) is 0.100. The van der Waals surface area contributed by atoms with Crippen molar-refractivity contribution in [3.63, 3.8) is 0 Å². The molecular formula is C103H68B2F3N5S. The van der Waals surface area contributed by atoms with E-state index in [4.69, 9.17) is 0 Å². The van der Waals surface area contributed by atoms with Gasteiger partial charge < -0.3 is 24.5 Å². The van der Waals surface area contributed by atoms with E-state index in [0.717, 1.165) is 155 Å². The number of hydrogen-bond acceptors (Lipinski definition) is 6. The summed E-state index contributed by atoms with van der Waals surface area (Å²) in [6.45, 7) is -0.915. The maximum Gasteiger partial charge on any atom is 0.418 e. The van der Waals surface area contributed by atoms with Crippen LogP contribution in [0.15, 0.2) is 422 Å². The number of fused-ring (bicyclic) bond motifs is 8. The van der Waals surface area contributed by atoms with Crippen LogP contribution in [0.3, 0.4) is 0 Å². The van der Waals surface area contributed by atoms with Gasteiger partial charge in [0, 0.05) is 100 Å². The van der Waals surface area contributed by atoms with Crippen LogP contribution in [0.4, 0.5) is 98.5 Å². The summed E-state index contributed by atoms with van der Waals surface area (Å²) in [5, 5.41) is 0. The van der Waals surface area contributed by atoms with E-state index in [1.54, 1.807) is 17.8 Å². The van der Waals surface area contributed by atoms with Gasteiger partial charge in [0.2, 0.25) is 6.71 Å². The second-order valence-corrected chi connectivity index (χ2v) is 30.3. The van der Waals surface area contributed by atoms with E-state index in [9.17, 15) is 0 Å². The Morgan fingerprint density at radius 3 is 1.09 bits per heavy atom. The summed E-state index contributed by atoms with van der Waals surface area (Å²) in [6.07, 6.45) is -4.83. The van der Waals surface area contributed by atoms with Crippen molar-refractivity contribution in [2.45, 2.75) is 16.0 Å². The van der Waals surface area contributed by atoms with E-state index in [1.807, 2.05) is 83.8 Å². The lowest BCUT2D eigenvalue weighted by Gasteiger charge is -2.47. The molecule has 0 fully saturated rings. The Balaban J connectivity index is 0.898. The topological polar surface area (TPSA) is 16.2 Å². The lowest BCUT2D eigenvalue weighted by atomic mass is 9.31. The fourth-order valence-electron chi connectivity index (χ4n) is 18.1. The molecule has 0 aromatic heterocycles. The van der Waals surface area contributed by atoms with Crippen LogP contribution in [0.1, 0.15) is 5.56 Å². The molecule has 0 bridgehead atoms. The Bertz CT molecular complexity index is 6370. The molecule has 4 heterocycles. The predicted molar refractivity (Wildman–Crippen MR) is 472 cm³/mol. The van der Waals surface area contributed by atoms with Gasteiger partial charge in [0.05, 0.1) is 28.3 Å². The fraction of sp³-hybridized carbons (Fsp3) is 0.00971. The average molecular weight is 1490 g/mol. The molecule has 0 N–H and O–H groups in total. The lowest BCUT2D eigenvalue weighted by Crippen LogP contribution is -2.64. The largest absolute Gasteiger partial charge is 0.418 e. The molecule has 0 unspecified atom stereocenters. The minimum atomic E-state index is -4.83. The molecule has 17 aromatic rings. The van der Waals surface area contributed by atoms with Crippen molar-refractivity contribution in [1.82, 2.24) is 0 Å². The summed E-state index contributed by atoms with van der Waals surface area (Å²) in [7, 11) is 0. The van der Waals surface area contributed by atoms with Gasteiger partial charge in [-0.2, -0.15) is 13.2 Å². The highest BCUT2D eigenvalue weighted by molar-refractivity contribution is 8.00. The zero-order chi connectivity index (χ0) is 76.0. The zero-order valence-corrected chi connectivity index (χ0v) is 62.5. The lowest BCUT2D eigenvalue weighted by molar-refractivity contribution is -0.137. The fourth-order valence-corrected chi connectivity index (χ4v) is 19.3. The number of rotatable bonds is 14. The van der Waals surface area contributed by atoms with Gasteiger partial charge in [-0.25, -0.2) is 0 Å². The van der Waals surface area contributed by atoms with Crippen molar-refractivity contribution in [3.05, 3.63) is 418 Å². The van der Waals surface area contributed by atoms with Crippen LogP contribution in [0.2, 0.25) is 0 Å². The first-order valence-electron chi connectivity index (χ1n) is 38.6. The van der Waals surface area contributed by atoms with Crippen LogP contribution in [0, 0.1) is 0 Å². The normalized spacial score (nSPS) is 12.7. The van der Waals surface area contributed by atoms with Crippen LogP contribution < -0.4 is 57.3 Å². The average Bonchev–Trinajstić information content (AvgIpc) is 0.693. The molecule has 0 spiro atoms. The van der Waals surface area contributed by atoms with E-state index < -0.39 is 25.2 Å². The molecule has 114 heavy (non-hydrogen) atoms. The van der Waals surface area contributed by atoms with Crippen molar-refractivity contribution in [2.75, 3.05) is 24.5 Å². The Hall–Kier alpha value is -14.0. The predicted octanol–water partition coefficient (Wildman–Crippen LogP) is 24.8. The molecule has 0 aliphatic carbocycles. The van der Waals surface area contributed by atoms with Crippen molar-refractivity contribution in [3.8, 4) is 55.6 Å². The van der Waals surface area contributed by atoms with Gasteiger partial charge in [-0.15, -0.1) is 0 Å². The van der Waals surface area contributed by atoms with E-state index >= 15 is 13.2 Å². The van der Waals surface area contributed by atoms with Crippen LogP contribution in [-0.2, 0) is 6.18 Å². The summed E-state index contributed by atoms with van der Waals surface area (Å²) in [6, 6.07) is 144.